The summed E-state index contributed by atoms with van der Waals surface area (Å²) in [7, 11) is 0. The number of benzene rings is 2. The van der Waals surface area contributed by atoms with Crippen molar-refractivity contribution in [1.82, 2.24) is 9.88 Å². The lowest BCUT2D eigenvalue weighted by molar-refractivity contribution is -0.136. The number of fused-ring (bicyclic) bond motifs is 1. The number of hydrogen-bond donors (Lipinski definition) is 1. The minimum Gasteiger partial charge on any atom is -0.493 e. The number of aryl methyl sites for hydroxylation is 2. The normalized spacial score (nSPS) is 12.8. The van der Waals surface area contributed by atoms with E-state index in [1.807, 2.05) is 37.3 Å². The van der Waals surface area contributed by atoms with Crippen LogP contribution in [0.5, 0.6) is 5.75 Å². The third kappa shape index (κ3) is 6.23. The Morgan fingerprint density at radius 2 is 1.89 bits per heavy atom. The molecule has 0 bridgehead atoms. The summed E-state index contributed by atoms with van der Waals surface area (Å²) in [6, 6.07) is 14.0. The minimum absolute atomic E-state index is 0.0414. The Hall–Kier alpha value is -3.39. The maximum atomic E-state index is 12.5. The number of hydrogen-bond acceptors (Lipinski definition) is 6. The van der Waals surface area contributed by atoms with Crippen molar-refractivity contribution < 1.29 is 24.2 Å². The third-order valence-electron chi connectivity index (χ3n) is 6.27. The highest BCUT2D eigenvalue weighted by atomic mass is 32.1. The standard InChI is InChI=1S/C28H32N2O5S/c1-3-16-35-28(33)30-15-13-22-23(18-30)20(10-12-26(31)32)9-11-25(22)34-17-14-24-19(2)36-27(29-24)21-7-5-4-6-8-21/h4-9,11H,3,10,12-18H2,1-2H3,(H,31,32). The van der Waals surface area contributed by atoms with E-state index in [1.54, 1.807) is 16.2 Å². The van der Waals surface area contributed by atoms with Gasteiger partial charge in [0.15, 0.2) is 0 Å². The smallest absolute Gasteiger partial charge is 0.410 e. The Morgan fingerprint density at radius 3 is 2.64 bits per heavy atom. The predicted molar refractivity (Wildman–Crippen MR) is 140 cm³/mol. The molecule has 0 atom stereocenters. The van der Waals surface area contributed by atoms with Crippen LogP contribution in [0.1, 0.15) is 47.0 Å². The van der Waals surface area contributed by atoms with Crippen LogP contribution in [0.25, 0.3) is 10.6 Å². The molecule has 4 rings (SSSR count). The molecule has 0 saturated carbocycles. The number of thiazole rings is 1. The summed E-state index contributed by atoms with van der Waals surface area (Å²) in [6.45, 7) is 5.86. The molecule has 36 heavy (non-hydrogen) atoms. The SMILES string of the molecule is CCCOC(=O)N1CCc2c(OCCc3nc(-c4ccccc4)sc3C)ccc(CCC(=O)O)c2C1. The minimum atomic E-state index is -0.840. The fourth-order valence-corrected chi connectivity index (χ4v) is 5.34. The highest BCUT2D eigenvalue weighted by molar-refractivity contribution is 7.15. The van der Waals surface area contributed by atoms with Crippen molar-refractivity contribution in [1.29, 1.82) is 0 Å². The Kier molecular flexibility index (Phi) is 8.59. The van der Waals surface area contributed by atoms with Crippen LogP contribution in [0.3, 0.4) is 0 Å². The number of carbonyl (C=O) groups excluding carboxylic acids is 1. The topological polar surface area (TPSA) is 89.0 Å². The molecule has 0 aliphatic carbocycles. The molecule has 1 aliphatic heterocycles. The summed E-state index contributed by atoms with van der Waals surface area (Å²) in [5.74, 6) is -0.0468. The van der Waals surface area contributed by atoms with Crippen LogP contribution in [0.15, 0.2) is 42.5 Å². The van der Waals surface area contributed by atoms with Gasteiger partial charge < -0.3 is 19.5 Å². The van der Waals surface area contributed by atoms with Crippen molar-refractivity contribution in [3.63, 3.8) is 0 Å². The van der Waals surface area contributed by atoms with Gasteiger partial charge in [-0.2, -0.15) is 0 Å². The number of amides is 1. The van der Waals surface area contributed by atoms with Gasteiger partial charge in [-0.25, -0.2) is 9.78 Å². The molecule has 1 N–H and O–H groups in total. The molecule has 3 aromatic rings. The molecule has 0 saturated heterocycles. The van der Waals surface area contributed by atoms with E-state index in [1.165, 1.54) is 4.88 Å². The first-order chi connectivity index (χ1) is 17.5. The fourth-order valence-electron chi connectivity index (χ4n) is 4.38. The van der Waals surface area contributed by atoms with Gasteiger partial charge in [0.05, 0.1) is 18.9 Å². The second kappa shape index (κ2) is 12.0. The van der Waals surface area contributed by atoms with E-state index in [4.69, 9.17) is 14.5 Å². The lowest BCUT2D eigenvalue weighted by Gasteiger charge is -2.31. The molecular formula is C28H32N2O5S. The molecule has 0 spiro atoms. The van der Waals surface area contributed by atoms with Crippen molar-refractivity contribution in [2.24, 2.45) is 0 Å². The van der Waals surface area contributed by atoms with Crippen LogP contribution in [0.2, 0.25) is 0 Å². The van der Waals surface area contributed by atoms with E-state index in [0.717, 1.165) is 45.1 Å². The Balaban J connectivity index is 1.47. The van der Waals surface area contributed by atoms with Gasteiger partial charge in [-0.05, 0) is 43.4 Å². The average Bonchev–Trinajstić information content (AvgIpc) is 3.27. The number of ether oxygens (including phenoxy) is 2. The summed E-state index contributed by atoms with van der Waals surface area (Å²) < 4.78 is 11.6. The van der Waals surface area contributed by atoms with Gasteiger partial charge in [0.25, 0.3) is 0 Å². The zero-order valence-corrected chi connectivity index (χ0v) is 21.6. The van der Waals surface area contributed by atoms with Gasteiger partial charge >= 0.3 is 12.1 Å². The van der Waals surface area contributed by atoms with Crippen molar-refractivity contribution in [3.05, 3.63) is 69.7 Å². The number of aliphatic carboxylic acids is 1. The van der Waals surface area contributed by atoms with Gasteiger partial charge in [-0.3, -0.25) is 4.79 Å². The molecule has 7 nitrogen and oxygen atoms in total. The molecule has 190 valence electrons. The first-order valence-electron chi connectivity index (χ1n) is 12.4. The van der Waals surface area contributed by atoms with Gasteiger partial charge in [-0.1, -0.05) is 43.3 Å². The number of carbonyl (C=O) groups is 2. The summed E-state index contributed by atoms with van der Waals surface area (Å²) in [5, 5.41) is 10.2. The van der Waals surface area contributed by atoms with Crippen molar-refractivity contribution in [3.8, 4) is 16.3 Å². The molecule has 0 unspecified atom stereocenters. The van der Waals surface area contributed by atoms with Crippen LogP contribution in [0.4, 0.5) is 4.79 Å². The average molecular weight is 509 g/mol. The Labute approximate surface area is 215 Å². The molecule has 0 radical (unpaired) electrons. The zero-order valence-electron chi connectivity index (χ0n) is 20.8. The summed E-state index contributed by atoms with van der Waals surface area (Å²) in [6.07, 6.45) is 2.23. The third-order valence-corrected chi connectivity index (χ3v) is 7.33. The molecule has 0 fully saturated rings. The van der Waals surface area contributed by atoms with Crippen molar-refractivity contribution >= 4 is 23.4 Å². The first-order valence-corrected chi connectivity index (χ1v) is 13.2. The van der Waals surface area contributed by atoms with Crippen molar-refractivity contribution in [2.75, 3.05) is 19.8 Å². The number of carboxylic acid groups (broad SMARTS) is 1. The van der Waals surface area contributed by atoms with Crippen LogP contribution in [0, 0.1) is 6.92 Å². The Bertz CT molecular complexity index is 1210. The molecule has 1 aromatic heterocycles. The lowest BCUT2D eigenvalue weighted by Crippen LogP contribution is -2.37. The predicted octanol–water partition coefficient (Wildman–Crippen LogP) is 5.66. The van der Waals surface area contributed by atoms with Crippen LogP contribution < -0.4 is 4.74 Å². The quantitative estimate of drug-likeness (QED) is 0.380. The van der Waals surface area contributed by atoms with Crippen LogP contribution >= 0.6 is 11.3 Å². The van der Waals surface area contributed by atoms with E-state index in [0.29, 0.717) is 45.6 Å². The maximum Gasteiger partial charge on any atom is 0.410 e. The summed E-state index contributed by atoms with van der Waals surface area (Å²) in [5.41, 5.74) is 5.12. The molecule has 8 heteroatoms. The maximum absolute atomic E-state index is 12.5. The fraction of sp³-hybridized carbons (Fsp3) is 0.393. The number of carboxylic acids is 1. The van der Waals surface area contributed by atoms with E-state index in [9.17, 15) is 14.7 Å². The van der Waals surface area contributed by atoms with Crippen LogP contribution in [-0.4, -0.2) is 46.8 Å². The molecule has 2 heterocycles. The monoisotopic (exact) mass is 508 g/mol. The van der Waals surface area contributed by atoms with E-state index in [-0.39, 0.29) is 12.5 Å². The van der Waals surface area contributed by atoms with Gasteiger partial charge in [0.1, 0.15) is 10.8 Å². The number of aromatic nitrogens is 1. The molecule has 1 aliphatic rings. The lowest BCUT2D eigenvalue weighted by atomic mass is 9.92. The number of rotatable bonds is 10. The highest BCUT2D eigenvalue weighted by Crippen LogP contribution is 2.33. The highest BCUT2D eigenvalue weighted by Gasteiger charge is 2.26. The van der Waals surface area contributed by atoms with E-state index in [2.05, 4.69) is 19.1 Å². The largest absolute Gasteiger partial charge is 0.493 e. The van der Waals surface area contributed by atoms with E-state index < -0.39 is 5.97 Å². The van der Waals surface area contributed by atoms with Gasteiger partial charge in [-0.15, -0.1) is 11.3 Å². The summed E-state index contributed by atoms with van der Waals surface area (Å²) >= 11 is 1.69. The molecule has 2 aromatic carbocycles. The molecular weight excluding hydrogens is 476 g/mol. The van der Waals surface area contributed by atoms with Crippen LogP contribution in [-0.2, 0) is 35.3 Å². The van der Waals surface area contributed by atoms with Crippen molar-refractivity contribution in [2.45, 2.75) is 52.5 Å². The first kappa shape index (κ1) is 25.7. The molecule has 1 amide bonds. The summed E-state index contributed by atoms with van der Waals surface area (Å²) in [4.78, 5) is 31.4. The second-order valence-electron chi connectivity index (χ2n) is 8.85. The number of nitrogens with zero attached hydrogens (tertiary/aromatic N) is 2. The van der Waals surface area contributed by atoms with E-state index >= 15 is 0 Å². The van der Waals surface area contributed by atoms with Gasteiger partial charge in [0, 0.05) is 41.9 Å². The second-order valence-corrected chi connectivity index (χ2v) is 10.0. The zero-order chi connectivity index (χ0) is 25.5. The Morgan fingerprint density at radius 1 is 1.08 bits per heavy atom. The van der Waals surface area contributed by atoms with Gasteiger partial charge in [0.2, 0.25) is 0 Å².